The molecule has 0 fully saturated rings. The van der Waals surface area contributed by atoms with E-state index in [9.17, 15) is 0 Å². The summed E-state index contributed by atoms with van der Waals surface area (Å²) in [7, 11) is 0. The average Bonchev–Trinajstić information content (AvgIpc) is 4.02. The first-order valence-corrected chi connectivity index (χ1v) is 27.2. The van der Waals surface area contributed by atoms with Crippen LogP contribution in [0.1, 0.15) is 83.7 Å². The Hall–Kier alpha value is -3.66. The molecule has 0 N–H and O–H groups in total. The van der Waals surface area contributed by atoms with E-state index < -0.39 is 0 Å². The van der Waals surface area contributed by atoms with Crippen molar-refractivity contribution in [2.45, 2.75) is 108 Å². The van der Waals surface area contributed by atoms with Crippen LogP contribution in [0.2, 0.25) is 13.1 Å². The second kappa shape index (κ2) is 21.4. The van der Waals surface area contributed by atoms with E-state index in [-0.39, 0.29) is 30.2 Å². The van der Waals surface area contributed by atoms with Gasteiger partial charge in [0.25, 0.3) is 0 Å². The van der Waals surface area contributed by atoms with E-state index in [0.29, 0.717) is 0 Å². The molecule has 0 aliphatic rings. The number of hydrogen-bond acceptors (Lipinski definition) is 2. The summed E-state index contributed by atoms with van der Waals surface area (Å²) in [5, 5.41) is 5.21. The minimum atomic E-state index is 0. The van der Waals surface area contributed by atoms with Crippen LogP contribution in [0.4, 0.5) is 0 Å². The van der Waals surface area contributed by atoms with Gasteiger partial charge < -0.3 is 8.83 Å². The molecule has 2 aromatic heterocycles. The predicted molar refractivity (Wildman–Crippen MR) is 263 cm³/mol. The molecule has 2 nitrogen and oxygen atoms in total. The summed E-state index contributed by atoms with van der Waals surface area (Å²) >= 11 is 1.74. The Balaban J connectivity index is 0.000000236. The van der Waals surface area contributed by atoms with Crippen molar-refractivity contribution < 1.29 is 32.2 Å². The fourth-order valence-corrected chi connectivity index (χ4v) is 8.04. The van der Waals surface area contributed by atoms with Crippen molar-refractivity contribution in [3.8, 4) is 44.9 Å². The van der Waals surface area contributed by atoms with Crippen LogP contribution in [0.3, 0.4) is 0 Å². The summed E-state index contributed by atoms with van der Waals surface area (Å²) < 4.78 is 11.8. The molecule has 0 aliphatic carbocycles. The molecule has 0 saturated heterocycles. The summed E-state index contributed by atoms with van der Waals surface area (Å²) in [6.45, 7) is 26.5. The van der Waals surface area contributed by atoms with Gasteiger partial charge in [-0.3, -0.25) is 0 Å². The molecule has 60 heavy (non-hydrogen) atoms. The molecule has 312 valence electrons. The first kappa shape index (κ1) is 49.0. The van der Waals surface area contributed by atoms with Gasteiger partial charge in [-0.15, -0.1) is 82.8 Å². The van der Waals surface area contributed by atoms with Crippen LogP contribution in [0.5, 0.6) is 0 Å². The normalized spacial score (nSPS) is 10.8. The molecule has 0 saturated carbocycles. The number of hydrogen-bond donors (Lipinski definition) is 0. The molecule has 2 heterocycles. The van der Waals surface area contributed by atoms with Gasteiger partial charge in [0.05, 0.1) is 23.0 Å². The fourth-order valence-electron chi connectivity index (χ4n) is 8.04. The van der Waals surface area contributed by atoms with Crippen molar-refractivity contribution in [1.29, 1.82) is 0 Å². The number of furan rings is 2. The Morgan fingerprint density at radius 2 is 0.800 bits per heavy atom. The van der Waals surface area contributed by atoms with Crippen molar-refractivity contribution in [3.05, 3.63) is 153 Å². The molecule has 0 bridgehead atoms. The van der Waals surface area contributed by atoms with Crippen LogP contribution in [0.25, 0.3) is 66.4 Å². The first-order chi connectivity index (χ1) is 27.7. The molecule has 0 unspecified atom stereocenters. The molecule has 0 amide bonds. The Morgan fingerprint density at radius 1 is 0.483 bits per heavy atom. The number of aryl methyl sites for hydroxylation is 8. The number of benzene rings is 4. The van der Waals surface area contributed by atoms with Crippen LogP contribution < -0.4 is 0 Å². The van der Waals surface area contributed by atoms with Gasteiger partial charge in [-0.25, -0.2) is 0 Å². The monoisotopic (exact) mass is 930 g/mol. The molecule has 0 spiro atoms. The molecule has 0 aliphatic heterocycles. The SMILES string of the molecule is CCc1cc(CC)cc(-c2c(C)c(C)cc3[cH-]c(-c4ccc(C)o4)cc23)c1.CCc1cc(CC)cc(-c2c(C)c(C)cc3[cH-]c(-c4ccc(C)o4)cc23)c1.C[Si](C)=[Zr+2].Cl.Cl. The van der Waals surface area contributed by atoms with Gasteiger partial charge in [0.2, 0.25) is 0 Å². The smallest absolute Gasteiger partial charge is 0.147 e. The summed E-state index contributed by atoms with van der Waals surface area (Å²) in [4.78, 5) is 0. The Kier molecular flexibility index (Phi) is 17.5. The number of halogens is 2. The van der Waals surface area contributed by atoms with E-state index in [2.05, 4.69) is 153 Å². The van der Waals surface area contributed by atoms with Gasteiger partial charge in [-0.1, -0.05) is 97.5 Å². The van der Waals surface area contributed by atoms with E-state index in [1.54, 1.807) is 23.3 Å². The summed E-state index contributed by atoms with van der Waals surface area (Å²) in [6.07, 6.45) is 4.25. The summed E-state index contributed by atoms with van der Waals surface area (Å²) in [5.41, 5.74) is 19.0. The average molecular weight is 933 g/mol. The summed E-state index contributed by atoms with van der Waals surface area (Å²) in [5.74, 6) is 3.79. The molecular formula is C54H62Cl2O2SiZr. The van der Waals surface area contributed by atoms with E-state index in [4.69, 9.17) is 8.83 Å². The third-order valence-electron chi connectivity index (χ3n) is 11.4. The topological polar surface area (TPSA) is 26.3 Å². The minimum Gasteiger partial charge on any atom is -0.147 e. The van der Waals surface area contributed by atoms with Crippen molar-refractivity contribution in [2.75, 3.05) is 0 Å². The zero-order valence-corrected chi connectivity index (χ0v) is 42.8. The van der Waals surface area contributed by atoms with Crippen LogP contribution in [0, 0.1) is 41.5 Å². The Morgan fingerprint density at radius 3 is 1.07 bits per heavy atom. The molecule has 6 heteroatoms. The van der Waals surface area contributed by atoms with Gasteiger partial charge in [-0.2, -0.15) is 0 Å². The fraction of sp³-hybridized carbons (Fsp3) is 0.296. The van der Waals surface area contributed by atoms with Crippen molar-refractivity contribution in [1.82, 2.24) is 0 Å². The summed E-state index contributed by atoms with van der Waals surface area (Å²) in [6, 6.07) is 36.0. The Labute approximate surface area is 387 Å². The van der Waals surface area contributed by atoms with Gasteiger partial charge in [0.1, 0.15) is 0 Å². The van der Waals surface area contributed by atoms with E-state index in [1.807, 2.05) is 26.0 Å². The third-order valence-corrected chi connectivity index (χ3v) is 11.4. The second-order valence-corrected chi connectivity index (χ2v) is 25.6. The van der Waals surface area contributed by atoms with Crippen molar-refractivity contribution in [2.24, 2.45) is 0 Å². The molecule has 0 radical (unpaired) electrons. The van der Waals surface area contributed by atoms with Crippen molar-refractivity contribution >= 4 is 51.8 Å². The first-order valence-electron chi connectivity index (χ1n) is 21.1. The largest absolute Gasteiger partial charge is 0.147 e. The second-order valence-electron chi connectivity index (χ2n) is 16.2. The van der Waals surface area contributed by atoms with Crippen LogP contribution in [-0.2, 0) is 49.0 Å². The zero-order chi connectivity index (χ0) is 41.8. The van der Waals surface area contributed by atoms with Crippen molar-refractivity contribution in [3.63, 3.8) is 0 Å². The van der Waals surface area contributed by atoms with E-state index in [0.717, 1.165) is 59.9 Å². The van der Waals surface area contributed by atoms with Crippen LogP contribution in [0.15, 0.2) is 106 Å². The molecule has 0 atom stereocenters. The number of fused-ring (bicyclic) bond motifs is 2. The Bertz CT molecular complexity index is 2510. The van der Waals surface area contributed by atoms with Gasteiger partial charge in [-0.05, 0) is 136 Å². The standard InChI is InChI=1S/2C26H27O.C2H6Si.2ClH.Zr/c2*1-6-19-11-20(7-2)13-23(12-19)26-18(5)16(3)10-21-14-22(15-24(21)26)25-9-8-17(4)27-25;1-3-2;;;/h2*8-15H,6-7H2,1-5H3;1-2H3;2*1H;/q2*-1;;;;+2. The van der Waals surface area contributed by atoms with Crippen LogP contribution >= 0.6 is 24.8 Å². The van der Waals surface area contributed by atoms with E-state index in [1.165, 1.54) is 88.3 Å². The third kappa shape index (κ3) is 11.0. The van der Waals surface area contributed by atoms with Gasteiger partial charge >= 0.3 is 41.9 Å². The van der Waals surface area contributed by atoms with Crippen LogP contribution in [-0.4, -0.2) is 5.43 Å². The van der Waals surface area contributed by atoms with E-state index >= 15 is 0 Å². The van der Waals surface area contributed by atoms with Gasteiger partial charge in [0.15, 0.2) is 0 Å². The minimum absolute atomic E-state index is 0. The van der Waals surface area contributed by atoms with Gasteiger partial charge in [0, 0.05) is 0 Å². The molecule has 8 aromatic rings. The quantitative estimate of drug-likeness (QED) is 0.112. The molecular weight excluding hydrogens is 871 g/mol. The molecule has 6 aromatic carbocycles. The maximum Gasteiger partial charge on any atom is -0.147 e. The number of rotatable bonds is 8. The maximum absolute atomic E-state index is 5.88. The zero-order valence-electron chi connectivity index (χ0n) is 37.7. The maximum atomic E-state index is 5.88. The molecule has 8 rings (SSSR count). The predicted octanol–water partition coefficient (Wildman–Crippen LogP) is 16.7.